The Balaban J connectivity index is 2.22. The van der Waals surface area contributed by atoms with Gasteiger partial charge >= 0.3 is 5.97 Å². The highest BCUT2D eigenvalue weighted by atomic mass is 32.2. The fraction of sp³-hybridized carbons (Fsp3) is 0.471. The maximum atomic E-state index is 12.1. The minimum absolute atomic E-state index is 0.101. The molecule has 6 nitrogen and oxygen atoms in total. The van der Waals surface area contributed by atoms with Crippen LogP contribution < -0.4 is 0 Å². The molecule has 0 aromatic carbocycles. The number of esters is 1. The minimum atomic E-state index is -0.292. The van der Waals surface area contributed by atoms with Crippen LogP contribution in [0.5, 0.6) is 0 Å². The summed E-state index contributed by atoms with van der Waals surface area (Å²) in [5.74, 6) is -0.214. The van der Waals surface area contributed by atoms with Crippen molar-refractivity contribution in [3.05, 3.63) is 42.0 Å². The molecule has 2 aromatic heterocycles. The Labute approximate surface area is 146 Å². The van der Waals surface area contributed by atoms with Crippen LogP contribution >= 0.6 is 11.8 Å². The van der Waals surface area contributed by atoms with Gasteiger partial charge in [-0.2, -0.15) is 0 Å². The smallest absolute Gasteiger partial charge is 0.319 e. The monoisotopic (exact) mass is 349 g/mol. The quantitative estimate of drug-likeness (QED) is 0.554. The lowest BCUT2D eigenvalue weighted by Crippen LogP contribution is -2.21. The SMILES string of the molecule is CCC[C@H](Sc1ncc(CO)n1Cc1ccncc1)C(=O)OCC. The van der Waals surface area contributed by atoms with Gasteiger partial charge in [0.1, 0.15) is 5.25 Å². The molecule has 0 fully saturated rings. The number of imidazole rings is 1. The lowest BCUT2D eigenvalue weighted by Gasteiger charge is -2.16. The third kappa shape index (κ3) is 4.82. The standard InChI is InChI=1S/C17H23N3O3S/c1-3-5-15(16(22)23-4-2)24-17-19-10-14(12-21)20(17)11-13-6-8-18-9-7-13/h6-10,15,21H,3-5,11-12H2,1-2H3/t15-/m0/s1. The molecule has 0 aliphatic rings. The van der Waals surface area contributed by atoms with Gasteiger partial charge in [0.25, 0.3) is 0 Å². The van der Waals surface area contributed by atoms with Gasteiger partial charge in [0.15, 0.2) is 5.16 Å². The fourth-order valence-corrected chi connectivity index (χ4v) is 3.50. The van der Waals surface area contributed by atoms with Crippen LogP contribution in [0, 0.1) is 0 Å². The second-order valence-corrected chi connectivity index (χ2v) is 6.45. The van der Waals surface area contributed by atoms with Gasteiger partial charge in [0.05, 0.1) is 31.6 Å². The number of aliphatic hydroxyl groups is 1. The first-order valence-electron chi connectivity index (χ1n) is 8.07. The first-order chi connectivity index (χ1) is 11.7. The molecular formula is C17H23N3O3S. The number of aliphatic hydroxyl groups excluding tert-OH is 1. The van der Waals surface area contributed by atoms with E-state index in [1.165, 1.54) is 11.8 Å². The highest BCUT2D eigenvalue weighted by Crippen LogP contribution is 2.28. The van der Waals surface area contributed by atoms with Gasteiger partial charge in [-0.05, 0) is 31.0 Å². The van der Waals surface area contributed by atoms with Gasteiger partial charge in [-0.1, -0.05) is 25.1 Å². The van der Waals surface area contributed by atoms with Crippen LogP contribution in [0.1, 0.15) is 37.9 Å². The molecule has 1 atom stereocenters. The van der Waals surface area contributed by atoms with E-state index < -0.39 is 0 Å². The average Bonchev–Trinajstić information content (AvgIpc) is 2.97. The minimum Gasteiger partial charge on any atom is -0.465 e. The molecule has 0 radical (unpaired) electrons. The number of hydrogen-bond donors (Lipinski definition) is 1. The molecule has 24 heavy (non-hydrogen) atoms. The number of carbonyl (C=O) groups is 1. The van der Waals surface area contributed by atoms with Gasteiger partial charge in [0.2, 0.25) is 0 Å². The Bertz CT molecular complexity index is 646. The summed E-state index contributed by atoms with van der Waals surface area (Å²) in [5, 5.41) is 9.99. The molecule has 2 rings (SSSR count). The molecule has 0 saturated carbocycles. The molecule has 0 saturated heterocycles. The lowest BCUT2D eigenvalue weighted by atomic mass is 10.2. The molecule has 1 N–H and O–H groups in total. The van der Waals surface area contributed by atoms with Crippen molar-refractivity contribution in [1.29, 1.82) is 0 Å². The number of nitrogens with zero attached hydrogens (tertiary/aromatic N) is 3. The zero-order valence-electron chi connectivity index (χ0n) is 14.0. The molecule has 0 amide bonds. The molecule has 2 heterocycles. The van der Waals surface area contributed by atoms with E-state index in [1.807, 2.05) is 23.6 Å². The van der Waals surface area contributed by atoms with Crippen molar-refractivity contribution < 1.29 is 14.6 Å². The van der Waals surface area contributed by atoms with Gasteiger partial charge in [-0.3, -0.25) is 9.78 Å². The van der Waals surface area contributed by atoms with Crippen LogP contribution in [0.25, 0.3) is 0 Å². The van der Waals surface area contributed by atoms with E-state index >= 15 is 0 Å². The third-order valence-electron chi connectivity index (χ3n) is 3.50. The van der Waals surface area contributed by atoms with E-state index in [9.17, 15) is 9.90 Å². The summed E-state index contributed by atoms with van der Waals surface area (Å²) in [6, 6.07) is 3.84. The van der Waals surface area contributed by atoms with Crippen molar-refractivity contribution in [2.24, 2.45) is 0 Å². The largest absolute Gasteiger partial charge is 0.465 e. The van der Waals surface area contributed by atoms with E-state index in [2.05, 4.69) is 9.97 Å². The van der Waals surface area contributed by atoms with Gasteiger partial charge in [-0.15, -0.1) is 0 Å². The number of carbonyl (C=O) groups excluding carboxylic acids is 1. The Kier molecular flexibility index (Phi) is 7.27. The Morgan fingerprint density at radius 3 is 2.75 bits per heavy atom. The number of pyridine rings is 1. The van der Waals surface area contributed by atoms with Crippen LogP contribution in [-0.4, -0.2) is 37.5 Å². The number of ether oxygens (including phenoxy) is 1. The summed E-state index contributed by atoms with van der Waals surface area (Å²) in [6.07, 6.45) is 6.72. The van der Waals surface area contributed by atoms with Crippen molar-refractivity contribution in [2.45, 2.75) is 50.2 Å². The van der Waals surface area contributed by atoms with Crippen molar-refractivity contribution in [1.82, 2.24) is 14.5 Å². The van der Waals surface area contributed by atoms with E-state index in [4.69, 9.17) is 4.74 Å². The van der Waals surface area contributed by atoms with Crippen molar-refractivity contribution >= 4 is 17.7 Å². The number of aromatic nitrogens is 3. The summed E-state index contributed by atoms with van der Waals surface area (Å²) in [7, 11) is 0. The number of hydrogen-bond acceptors (Lipinski definition) is 6. The molecule has 0 bridgehead atoms. The average molecular weight is 349 g/mol. The Morgan fingerprint density at radius 2 is 2.12 bits per heavy atom. The predicted octanol–water partition coefficient (Wildman–Crippen LogP) is 2.64. The highest BCUT2D eigenvalue weighted by Gasteiger charge is 2.23. The fourth-order valence-electron chi connectivity index (χ4n) is 2.30. The summed E-state index contributed by atoms with van der Waals surface area (Å²) in [6.45, 7) is 4.68. The van der Waals surface area contributed by atoms with Gasteiger partial charge in [0, 0.05) is 12.4 Å². The third-order valence-corrected chi connectivity index (χ3v) is 4.75. The maximum absolute atomic E-state index is 12.1. The van der Waals surface area contributed by atoms with Gasteiger partial charge in [-0.25, -0.2) is 4.98 Å². The van der Waals surface area contributed by atoms with E-state index in [0.29, 0.717) is 24.0 Å². The van der Waals surface area contributed by atoms with E-state index in [1.54, 1.807) is 25.5 Å². The van der Waals surface area contributed by atoms with E-state index in [0.717, 1.165) is 18.4 Å². The predicted molar refractivity (Wildman–Crippen MR) is 92.7 cm³/mol. The van der Waals surface area contributed by atoms with Crippen LogP contribution in [0.4, 0.5) is 0 Å². The molecule has 130 valence electrons. The molecule has 0 spiro atoms. The Hall–Kier alpha value is -1.86. The van der Waals surface area contributed by atoms with Crippen LogP contribution in [0.3, 0.4) is 0 Å². The summed E-state index contributed by atoms with van der Waals surface area (Å²) in [4.78, 5) is 20.6. The lowest BCUT2D eigenvalue weighted by molar-refractivity contribution is -0.142. The Morgan fingerprint density at radius 1 is 1.38 bits per heavy atom. The zero-order chi connectivity index (χ0) is 17.4. The highest BCUT2D eigenvalue weighted by molar-refractivity contribution is 8.00. The van der Waals surface area contributed by atoms with Gasteiger partial charge < -0.3 is 14.4 Å². The van der Waals surface area contributed by atoms with Crippen LogP contribution in [0.15, 0.2) is 35.9 Å². The van der Waals surface area contributed by atoms with Crippen molar-refractivity contribution in [3.63, 3.8) is 0 Å². The van der Waals surface area contributed by atoms with Crippen LogP contribution in [0.2, 0.25) is 0 Å². The zero-order valence-corrected chi connectivity index (χ0v) is 14.8. The molecule has 0 aliphatic heterocycles. The molecule has 0 aliphatic carbocycles. The molecule has 2 aromatic rings. The molecular weight excluding hydrogens is 326 g/mol. The summed E-state index contributed by atoms with van der Waals surface area (Å²) in [5.41, 5.74) is 1.77. The normalized spacial score (nSPS) is 12.1. The second-order valence-electron chi connectivity index (χ2n) is 5.28. The summed E-state index contributed by atoms with van der Waals surface area (Å²) < 4.78 is 7.10. The number of thioether (sulfide) groups is 1. The van der Waals surface area contributed by atoms with Crippen molar-refractivity contribution in [2.75, 3.05) is 6.61 Å². The maximum Gasteiger partial charge on any atom is 0.319 e. The molecule has 0 unspecified atom stereocenters. The van der Waals surface area contributed by atoms with Crippen LogP contribution in [-0.2, 0) is 22.7 Å². The number of rotatable bonds is 9. The summed E-state index contributed by atoms with van der Waals surface area (Å²) >= 11 is 1.39. The second kappa shape index (κ2) is 9.44. The van der Waals surface area contributed by atoms with Crippen molar-refractivity contribution in [3.8, 4) is 0 Å². The molecule has 7 heteroatoms. The first kappa shape index (κ1) is 18.5. The first-order valence-corrected chi connectivity index (χ1v) is 8.95. The topological polar surface area (TPSA) is 77.2 Å². The van der Waals surface area contributed by atoms with E-state index in [-0.39, 0.29) is 17.8 Å².